The minimum Gasteiger partial charge on any atom is -0.388 e. The van der Waals surface area contributed by atoms with E-state index in [0.29, 0.717) is 5.84 Å². The number of benzene rings is 1. The molecule has 1 aromatic carbocycles. The van der Waals surface area contributed by atoms with E-state index in [1.807, 2.05) is 25.1 Å². The minimum atomic E-state index is 0.163. The van der Waals surface area contributed by atoms with Gasteiger partial charge in [0.15, 0.2) is 0 Å². The second-order valence-electron chi connectivity index (χ2n) is 2.86. The highest BCUT2D eigenvalue weighted by molar-refractivity contribution is 5.77. The lowest BCUT2D eigenvalue weighted by Gasteiger charge is -2.05. The predicted molar refractivity (Wildman–Crippen MR) is 52.2 cm³/mol. The molecule has 1 aromatic rings. The minimum absolute atomic E-state index is 0.163. The largest absolute Gasteiger partial charge is 0.388 e. The number of hydrogen-bond donors (Lipinski definition) is 1. The first-order valence-corrected chi connectivity index (χ1v) is 4.05. The molecule has 0 saturated carbocycles. The molecule has 0 radical (unpaired) electrons. The fourth-order valence-electron chi connectivity index (χ4n) is 1.11. The summed E-state index contributed by atoms with van der Waals surface area (Å²) in [5.74, 6) is 0.631. The molecule has 64 valence electrons. The van der Waals surface area contributed by atoms with Crippen molar-refractivity contribution in [1.29, 1.82) is 0 Å². The van der Waals surface area contributed by atoms with Crippen LogP contribution in [-0.2, 0) is 0 Å². The third-order valence-corrected chi connectivity index (χ3v) is 1.68. The van der Waals surface area contributed by atoms with E-state index in [1.165, 1.54) is 5.56 Å². The summed E-state index contributed by atoms with van der Waals surface area (Å²) in [4.78, 5) is 4.24. The predicted octanol–water partition coefficient (Wildman–Crippen LogP) is 2.12. The molecular weight excluding hydrogens is 148 g/mol. The van der Waals surface area contributed by atoms with Crippen molar-refractivity contribution >= 4 is 5.84 Å². The highest BCUT2D eigenvalue weighted by Crippen LogP contribution is 2.15. The SMILES string of the molecule is CC(N)=N[C@@H](C)c1ccccc1. The maximum absolute atomic E-state index is 5.48. The van der Waals surface area contributed by atoms with Crippen molar-refractivity contribution in [2.45, 2.75) is 19.9 Å². The fraction of sp³-hybridized carbons (Fsp3) is 0.300. The Morgan fingerprint density at radius 3 is 2.42 bits per heavy atom. The highest BCUT2D eigenvalue weighted by Gasteiger charge is 2.00. The Bertz CT molecular complexity index is 260. The number of nitrogens with two attached hydrogens (primary N) is 1. The van der Waals surface area contributed by atoms with Crippen LogP contribution in [0.5, 0.6) is 0 Å². The Morgan fingerprint density at radius 2 is 1.92 bits per heavy atom. The van der Waals surface area contributed by atoms with Crippen LogP contribution < -0.4 is 5.73 Å². The van der Waals surface area contributed by atoms with Gasteiger partial charge in [-0.3, -0.25) is 4.99 Å². The average Bonchev–Trinajstić information content (AvgIpc) is 2.05. The molecule has 0 amide bonds. The summed E-state index contributed by atoms with van der Waals surface area (Å²) in [6, 6.07) is 10.3. The highest BCUT2D eigenvalue weighted by atomic mass is 14.9. The van der Waals surface area contributed by atoms with E-state index in [2.05, 4.69) is 17.1 Å². The molecule has 0 saturated heterocycles. The summed E-state index contributed by atoms with van der Waals surface area (Å²) in [7, 11) is 0. The lowest BCUT2D eigenvalue weighted by molar-refractivity contribution is 0.817. The molecule has 0 unspecified atom stereocenters. The van der Waals surface area contributed by atoms with Crippen molar-refractivity contribution in [2.75, 3.05) is 0 Å². The van der Waals surface area contributed by atoms with Crippen LogP contribution in [0.3, 0.4) is 0 Å². The van der Waals surface area contributed by atoms with Crippen LogP contribution in [-0.4, -0.2) is 5.84 Å². The van der Waals surface area contributed by atoms with E-state index in [9.17, 15) is 0 Å². The van der Waals surface area contributed by atoms with Gasteiger partial charge in [-0.05, 0) is 19.4 Å². The summed E-state index contributed by atoms with van der Waals surface area (Å²) < 4.78 is 0. The maximum Gasteiger partial charge on any atom is 0.0913 e. The number of nitrogens with zero attached hydrogens (tertiary/aromatic N) is 1. The van der Waals surface area contributed by atoms with Gasteiger partial charge in [0.25, 0.3) is 0 Å². The lowest BCUT2D eigenvalue weighted by Crippen LogP contribution is -2.07. The molecule has 0 aliphatic heterocycles. The molecule has 12 heavy (non-hydrogen) atoms. The van der Waals surface area contributed by atoms with E-state index in [0.717, 1.165) is 0 Å². The third-order valence-electron chi connectivity index (χ3n) is 1.68. The van der Waals surface area contributed by atoms with Crippen molar-refractivity contribution in [1.82, 2.24) is 0 Å². The Labute approximate surface area is 73.1 Å². The molecule has 2 N–H and O–H groups in total. The summed E-state index contributed by atoms with van der Waals surface area (Å²) in [5, 5.41) is 0. The quantitative estimate of drug-likeness (QED) is 0.525. The molecule has 2 heteroatoms. The van der Waals surface area contributed by atoms with E-state index in [4.69, 9.17) is 5.73 Å². The normalized spacial score (nSPS) is 14.3. The van der Waals surface area contributed by atoms with Gasteiger partial charge in [-0.25, -0.2) is 0 Å². The number of hydrogen-bond acceptors (Lipinski definition) is 1. The molecule has 1 rings (SSSR count). The molecular formula is C10H14N2. The van der Waals surface area contributed by atoms with Crippen LogP contribution in [0.2, 0.25) is 0 Å². The first-order chi connectivity index (χ1) is 5.70. The van der Waals surface area contributed by atoms with Crippen molar-refractivity contribution in [3.63, 3.8) is 0 Å². The zero-order chi connectivity index (χ0) is 8.97. The molecule has 0 fully saturated rings. The standard InChI is InChI=1S/C10H14N2/c1-8(12-9(2)11)10-6-4-3-5-7-10/h3-8H,1-2H3,(H2,11,12)/t8-/m0/s1. The van der Waals surface area contributed by atoms with Crippen LogP contribution in [0.1, 0.15) is 25.5 Å². The molecule has 0 aromatic heterocycles. The van der Waals surface area contributed by atoms with Crippen LogP contribution in [0.15, 0.2) is 35.3 Å². The summed E-state index contributed by atoms with van der Waals surface area (Å²) >= 11 is 0. The van der Waals surface area contributed by atoms with E-state index >= 15 is 0 Å². The van der Waals surface area contributed by atoms with Gasteiger partial charge >= 0.3 is 0 Å². The first kappa shape index (κ1) is 8.78. The molecule has 1 atom stereocenters. The van der Waals surface area contributed by atoms with Gasteiger partial charge < -0.3 is 5.73 Å². The van der Waals surface area contributed by atoms with E-state index < -0.39 is 0 Å². The first-order valence-electron chi connectivity index (χ1n) is 4.05. The van der Waals surface area contributed by atoms with Crippen molar-refractivity contribution in [3.8, 4) is 0 Å². The van der Waals surface area contributed by atoms with Crippen molar-refractivity contribution < 1.29 is 0 Å². The van der Waals surface area contributed by atoms with E-state index in [1.54, 1.807) is 6.92 Å². The van der Waals surface area contributed by atoms with Crippen LogP contribution >= 0.6 is 0 Å². The van der Waals surface area contributed by atoms with E-state index in [-0.39, 0.29) is 6.04 Å². The Morgan fingerprint density at radius 1 is 1.33 bits per heavy atom. The van der Waals surface area contributed by atoms with Crippen molar-refractivity contribution in [3.05, 3.63) is 35.9 Å². The molecule has 0 spiro atoms. The Hall–Kier alpha value is -1.31. The smallest absolute Gasteiger partial charge is 0.0913 e. The zero-order valence-electron chi connectivity index (χ0n) is 7.49. The number of amidine groups is 1. The van der Waals surface area contributed by atoms with Gasteiger partial charge in [0.2, 0.25) is 0 Å². The average molecular weight is 162 g/mol. The molecule has 0 aliphatic rings. The lowest BCUT2D eigenvalue weighted by atomic mass is 10.1. The monoisotopic (exact) mass is 162 g/mol. The third kappa shape index (κ3) is 2.38. The van der Waals surface area contributed by atoms with Crippen molar-refractivity contribution in [2.24, 2.45) is 10.7 Å². The Kier molecular flexibility index (Phi) is 2.86. The fourth-order valence-corrected chi connectivity index (χ4v) is 1.11. The Balaban J connectivity index is 2.79. The van der Waals surface area contributed by atoms with Crippen LogP contribution in [0.25, 0.3) is 0 Å². The second-order valence-corrected chi connectivity index (χ2v) is 2.86. The summed E-state index contributed by atoms with van der Waals surface area (Å²) in [6.45, 7) is 3.84. The maximum atomic E-state index is 5.48. The molecule has 0 aliphatic carbocycles. The summed E-state index contributed by atoms with van der Waals surface area (Å²) in [6.07, 6.45) is 0. The molecule has 2 nitrogen and oxygen atoms in total. The summed E-state index contributed by atoms with van der Waals surface area (Å²) in [5.41, 5.74) is 6.68. The number of aliphatic imine (C=N–C) groups is 1. The van der Waals surface area contributed by atoms with Crippen LogP contribution in [0, 0.1) is 0 Å². The van der Waals surface area contributed by atoms with Gasteiger partial charge in [0, 0.05) is 0 Å². The van der Waals surface area contributed by atoms with Gasteiger partial charge in [0.1, 0.15) is 0 Å². The topological polar surface area (TPSA) is 38.4 Å². The van der Waals surface area contributed by atoms with Crippen LogP contribution in [0.4, 0.5) is 0 Å². The van der Waals surface area contributed by atoms with Gasteiger partial charge in [-0.1, -0.05) is 30.3 Å². The number of rotatable bonds is 2. The molecule has 0 bridgehead atoms. The zero-order valence-corrected chi connectivity index (χ0v) is 7.49. The van der Waals surface area contributed by atoms with Gasteiger partial charge in [-0.2, -0.15) is 0 Å². The van der Waals surface area contributed by atoms with Gasteiger partial charge in [-0.15, -0.1) is 0 Å². The van der Waals surface area contributed by atoms with Gasteiger partial charge in [0.05, 0.1) is 11.9 Å². The second kappa shape index (κ2) is 3.90. The molecule has 0 heterocycles.